The highest BCUT2D eigenvalue weighted by Gasteiger charge is 2.19. The summed E-state index contributed by atoms with van der Waals surface area (Å²) in [5.74, 6) is -0.141. The van der Waals surface area contributed by atoms with Crippen LogP contribution in [0, 0.1) is 5.82 Å². The van der Waals surface area contributed by atoms with Crippen LogP contribution in [0.1, 0.15) is 18.4 Å². The summed E-state index contributed by atoms with van der Waals surface area (Å²) in [7, 11) is 0. The predicted molar refractivity (Wildman–Crippen MR) is 74.2 cm³/mol. The normalized spacial score (nSPS) is 21.9. The minimum absolute atomic E-state index is 0.141. The van der Waals surface area contributed by atoms with E-state index in [2.05, 4.69) is 10.2 Å². The van der Waals surface area contributed by atoms with Gasteiger partial charge in [-0.3, -0.25) is 0 Å². The number of hydrogen-bond donors (Lipinski definition) is 1. The number of anilines is 1. The lowest BCUT2D eigenvalue weighted by atomic mass is 10.2. The van der Waals surface area contributed by atoms with Crippen molar-refractivity contribution in [1.29, 1.82) is 0 Å². The first-order valence-corrected chi connectivity index (χ1v) is 7.18. The van der Waals surface area contributed by atoms with Gasteiger partial charge in [0.25, 0.3) is 0 Å². The van der Waals surface area contributed by atoms with Gasteiger partial charge in [0.1, 0.15) is 5.82 Å². The van der Waals surface area contributed by atoms with Gasteiger partial charge in [-0.25, -0.2) is 4.39 Å². The summed E-state index contributed by atoms with van der Waals surface area (Å²) in [5.41, 5.74) is 2.33. The van der Waals surface area contributed by atoms with Crippen molar-refractivity contribution in [2.75, 3.05) is 37.7 Å². The minimum Gasteiger partial charge on any atom is -0.377 e. The average Bonchev–Trinajstić information content (AvgIpc) is 3.04. The number of halogens is 1. The van der Waals surface area contributed by atoms with Crippen molar-refractivity contribution in [3.05, 3.63) is 29.6 Å². The fourth-order valence-electron chi connectivity index (χ4n) is 2.93. The van der Waals surface area contributed by atoms with Gasteiger partial charge in [-0.1, -0.05) is 6.07 Å². The van der Waals surface area contributed by atoms with Crippen molar-refractivity contribution in [2.24, 2.45) is 0 Å². The second-order valence-corrected chi connectivity index (χ2v) is 5.35. The molecule has 0 bridgehead atoms. The van der Waals surface area contributed by atoms with E-state index in [1.165, 1.54) is 18.4 Å². The molecule has 3 nitrogen and oxygen atoms in total. The van der Waals surface area contributed by atoms with E-state index in [0.717, 1.165) is 44.9 Å². The Bertz CT molecular complexity index is 432. The molecule has 0 aromatic heterocycles. The summed E-state index contributed by atoms with van der Waals surface area (Å²) in [4.78, 5) is 2.26. The highest BCUT2D eigenvalue weighted by molar-refractivity contribution is 5.58. The Labute approximate surface area is 113 Å². The van der Waals surface area contributed by atoms with Gasteiger partial charge in [0, 0.05) is 38.5 Å². The number of hydrogen-bond acceptors (Lipinski definition) is 3. The zero-order valence-corrected chi connectivity index (χ0v) is 11.2. The van der Waals surface area contributed by atoms with E-state index >= 15 is 0 Å². The van der Waals surface area contributed by atoms with E-state index in [1.54, 1.807) is 12.1 Å². The molecule has 0 amide bonds. The lowest BCUT2D eigenvalue weighted by molar-refractivity contribution is 0.110. The monoisotopic (exact) mass is 264 g/mol. The zero-order valence-electron chi connectivity index (χ0n) is 11.2. The fraction of sp³-hybridized carbons (Fsp3) is 0.600. The van der Waals surface area contributed by atoms with Crippen LogP contribution in [-0.4, -0.2) is 38.9 Å². The van der Waals surface area contributed by atoms with Crippen molar-refractivity contribution in [2.45, 2.75) is 25.4 Å². The van der Waals surface area contributed by atoms with E-state index in [-0.39, 0.29) is 5.82 Å². The second-order valence-electron chi connectivity index (χ2n) is 5.35. The summed E-state index contributed by atoms with van der Waals surface area (Å²) in [6.07, 6.45) is 3.78. The molecule has 1 unspecified atom stereocenters. The van der Waals surface area contributed by atoms with Gasteiger partial charge in [-0.2, -0.15) is 0 Å². The molecule has 1 aromatic rings. The van der Waals surface area contributed by atoms with Crippen molar-refractivity contribution in [3.63, 3.8) is 0 Å². The van der Waals surface area contributed by atoms with Crippen LogP contribution < -0.4 is 10.2 Å². The molecule has 1 aromatic carbocycles. The van der Waals surface area contributed by atoms with Crippen LogP contribution in [0.3, 0.4) is 0 Å². The van der Waals surface area contributed by atoms with E-state index in [0.29, 0.717) is 6.10 Å². The van der Waals surface area contributed by atoms with Gasteiger partial charge in [-0.05, 0) is 37.0 Å². The Kier molecular flexibility index (Phi) is 3.99. The summed E-state index contributed by atoms with van der Waals surface area (Å²) in [6, 6.07) is 5.12. The maximum absolute atomic E-state index is 13.3. The van der Waals surface area contributed by atoms with Crippen LogP contribution in [0.2, 0.25) is 0 Å². The maximum atomic E-state index is 13.3. The molecule has 1 atom stereocenters. The number of rotatable bonds is 5. The first-order chi connectivity index (χ1) is 9.33. The minimum atomic E-state index is -0.141. The molecule has 1 fully saturated rings. The molecule has 2 aliphatic heterocycles. The Morgan fingerprint density at radius 2 is 2.37 bits per heavy atom. The molecule has 0 radical (unpaired) electrons. The fourth-order valence-corrected chi connectivity index (χ4v) is 2.93. The lowest BCUT2D eigenvalue weighted by Crippen LogP contribution is -2.34. The number of fused-ring (bicyclic) bond motifs is 1. The quantitative estimate of drug-likeness (QED) is 0.823. The van der Waals surface area contributed by atoms with Crippen molar-refractivity contribution in [1.82, 2.24) is 5.32 Å². The Morgan fingerprint density at radius 1 is 1.42 bits per heavy atom. The van der Waals surface area contributed by atoms with Crippen LogP contribution in [0.15, 0.2) is 18.2 Å². The molecule has 2 aliphatic rings. The third kappa shape index (κ3) is 3.07. The van der Waals surface area contributed by atoms with Gasteiger partial charge in [0.2, 0.25) is 0 Å². The van der Waals surface area contributed by atoms with Gasteiger partial charge in [-0.15, -0.1) is 0 Å². The molecule has 2 heterocycles. The summed E-state index contributed by atoms with van der Waals surface area (Å²) >= 11 is 0. The zero-order chi connectivity index (χ0) is 13.1. The standard InChI is InChI=1S/C15H21FN2O/c16-13-4-3-12-5-7-18(15(12)10-13)8-6-17-11-14-2-1-9-19-14/h3-4,10,14,17H,1-2,5-9,11H2. The maximum Gasteiger partial charge on any atom is 0.125 e. The number of nitrogens with one attached hydrogen (secondary N) is 1. The first-order valence-electron chi connectivity index (χ1n) is 7.18. The van der Waals surface area contributed by atoms with Crippen molar-refractivity contribution >= 4 is 5.69 Å². The topological polar surface area (TPSA) is 24.5 Å². The molecular formula is C15H21FN2O. The number of ether oxygens (including phenoxy) is 1. The molecule has 0 saturated carbocycles. The van der Waals surface area contributed by atoms with Gasteiger partial charge in [0.05, 0.1) is 6.10 Å². The van der Waals surface area contributed by atoms with Crippen molar-refractivity contribution in [3.8, 4) is 0 Å². The third-order valence-corrected chi connectivity index (χ3v) is 3.99. The molecule has 0 spiro atoms. The van der Waals surface area contributed by atoms with E-state index < -0.39 is 0 Å². The van der Waals surface area contributed by atoms with Crippen LogP contribution >= 0.6 is 0 Å². The van der Waals surface area contributed by atoms with E-state index in [9.17, 15) is 4.39 Å². The molecule has 104 valence electrons. The van der Waals surface area contributed by atoms with Crippen LogP contribution in [0.25, 0.3) is 0 Å². The van der Waals surface area contributed by atoms with Gasteiger partial charge in [0.15, 0.2) is 0 Å². The molecular weight excluding hydrogens is 243 g/mol. The van der Waals surface area contributed by atoms with Gasteiger partial charge >= 0.3 is 0 Å². The molecule has 1 N–H and O–H groups in total. The Hall–Kier alpha value is -1.13. The predicted octanol–water partition coefficient (Wildman–Crippen LogP) is 1.96. The summed E-state index contributed by atoms with van der Waals surface area (Å²) in [5, 5.41) is 3.44. The summed E-state index contributed by atoms with van der Waals surface area (Å²) in [6.45, 7) is 4.70. The van der Waals surface area contributed by atoms with E-state index in [1.807, 2.05) is 6.07 Å². The molecule has 4 heteroatoms. The average molecular weight is 264 g/mol. The lowest BCUT2D eigenvalue weighted by Gasteiger charge is -2.20. The smallest absolute Gasteiger partial charge is 0.125 e. The number of benzene rings is 1. The largest absolute Gasteiger partial charge is 0.377 e. The van der Waals surface area contributed by atoms with Crippen LogP contribution in [0.5, 0.6) is 0 Å². The Balaban J connectivity index is 1.45. The van der Waals surface area contributed by atoms with Gasteiger partial charge < -0.3 is 15.0 Å². The molecule has 0 aliphatic carbocycles. The molecule has 19 heavy (non-hydrogen) atoms. The molecule has 3 rings (SSSR count). The highest BCUT2D eigenvalue weighted by atomic mass is 19.1. The van der Waals surface area contributed by atoms with E-state index in [4.69, 9.17) is 4.74 Å². The highest BCUT2D eigenvalue weighted by Crippen LogP contribution is 2.28. The van der Waals surface area contributed by atoms with Crippen molar-refractivity contribution < 1.29 is 9.13 Å². The molecule has 1 saturated heterocycles. The number of nitrogens with zero attached hydrogens (tertiary/aromatic N) is 1. The second kappa shape index (κ2) is 5.88. The van der Waals surface area contributed by atoms with Crippen LogP contribution in [0.4, 0.5) is 10.1 Å². The first kappa shape index (κ1) is 12.9. The third-order valence-electron chi connectivity index (χ3n) is 3.99. The summed E-state index contributed by atoms with van der Waals surface area (Å²) < 4.78 is 18.8. The Morgan fingerprint density at radius 3 is 3.21 bits per heavy atom. The SMILES string of the molecule is Fc1ccc2c(c1)N(CCNCC1CCCO1)CC2. The van der Waals surface area contributed by atoms with Crippen LogP contribution in [-0.2, 0) is 11.2 Å².